The first-order valence-electron chi connectivity index (χ1n) is 12.6. The number of carbonyl (C=O) groups is 1. The molecule has 2 fully saturated rings. The second-order valence-corrected chi connectivity index (χ2v) is 11.6. The van der Waals surface area contributed by atoms with Crippen LogP contribution in [0, 0.1) is 17.5 Å². The number of aliphatic hydroxyl groups is 3. The Morgan fingerprint density at radius 3 is 2.36 bits per heavy atom. The number of halogens is 5. The van der Waals surface area contributed by atoms with E-state index < -0.39 is 72.6 Å². The Morgan fingerprint density at radius 1 is 1.12 bits per heavy atom. The molecule has 11 nitrogen and oxygen atoms in total. The monoisotopic (exact) mass is 720 g/mol. The molecule has 0 bridgehead atoms. The molecule has 226 valence electrons. The van der Waals surface area contributed by atoms with E-state index in [9.17, 15) is 33.3 Å². The first-order chi connectivity index (χ1) is 20.0. The SMILES string of the molecule is COC1C(C(=O)N(c2cc(Br)cc(Br)c2)[C@H]2COC[C@@H]2O)OC(CO)C(O)C1n1cc(-c2cc(F)c(F)c(F)c2)nn1. The number of hydrogen-bond acceptors (Lipinski definition) is 9. The zero-order valence-corrected chi connectivity index (χ0v) is 25.0. The average molecular weight is 722 g/mol. The number of carbonyl (C=O) groups excluding carboxylic acids is 1. The summed E-state index contributed by atoms with van der Waals surface area (Å²) in [7, 11) is 1.28. The molecule has 3 heterocycles. The second-order valence-electron chi connectivity index (χ2n) is 9.80. The molecule has 2 aliphatic heterocycles. The zero-order chi connectivity index (χ0) is 30.3. The Labute approximate surface area is 254 Å². The Bertz CT molecular complexity index is 1420. The summed E-state index contributed by atoms with van der Waals surface area (Å²) in [5.74, 6) is -5.16. The van der Waals surface area contributed by atoms with Gasteiger partial charge in [0.2, 0.25) is 0 Å². The van der Waals surface area contributed by atoms with Crippen LogP contribution in [0.1, 0.15) is 6.04 Å². The average Bonchev–Trinajstić information content (AvgIpc) is 3.60. The number of benzene rings is 2. The third-order valence-electron chi connectivity index (χ3n) is 7.19. The highest BCUT2D eigenvalue weighted by molar-refractivity contribution is 9.11. The van der Waals surface area contributed by atoms with Gasteiger partial charge in [-0.15, -0.1) is 5.10 Å². The maximum atomic E-state index is 14.3. The van der Waals surface area contributed by atoms with E-state index in [-0.39, 0.29) is 24.5 Å². The zero-order valence-electron chi connectivity index (χ0n) is 21.8. The number of methoxy groups -OCH3 is 1. The van der Waals surface area contributed by atoms with Gasteiger partial charge in [0.25, 0.3) is 5.91 Å². The van der Waals surface area contributed by atoms with E-state index in [1.54, 1.807) is 18.2 Å². The van der Waals surface area contributed by atoms with Crippen molar-refractivity contribution in [3.8, 4) is 11.3 Å². The normalized spacial score (nSPS) is 27.8. The molecular formula is C26H25Br2F3N4O7. The Kier molecular flexibility index (Phi) is 9.34. The van der Waals surface area contributed by atoms with E-state index in [1.807, 2.05) is 0 Å². The van der Waals surface area contributed by atoms with Gasteiger partial charge >= 0.3 is 0 Å². The second kappa shape index (κ2) is 12.7. The van der Waals surface area contributed by atoms with Crippen molar-refractivity contribution in [2.24, 2.45) is 0 Å². The summed E-state index contributed by atoms with van der Waals surface area (Å²) in [6, 6.07) is 4.58. The van der Waals surface area contributed by atoms with E-state index in [4.69, 9.17) is 14.2 Å². The molecule has 1 aromatic heterocycles. The van der Waals surface area contributed by atoms with Crippen LogP contribution in [-0.2, 0) is 19.0 Å². The minimum Gasteiger partial charge on any atom is -0.394 e. The van der Waals surface area contributed by atoms with Crippen molar-refractivity contribution in [3.05, 3.63) is 62.9 Å². The standard InChI is InChI=1S/C26H25Br2F3N4O7/c1-40-24-22(34-7-17(32-33-34)11-2-15(29)21(31)16(30)3-11)23(38)20(8-36)42-25(24)26(39)35(18-9-41-10-19(18)37)14-5-12(27)4-13(28)6-14/h2-7,18-20,22-25,36-38H,8-10H2,1H3/t18-,19-,20?,22?,23?,24?,25?/m0/s1. The van der Waals surface area contributed by atoms with E-state index in [0.29, 0.717) is 14.6 Å². The molecule has 1 amide bonds. The number of aromatic nitrogens is 3. The summed E-state index contributed by atoms with van der Waals surface area (Å²) >= 11 is 6.82. The highest BCUT2D eigenvalue weighted by atomic mass is 79.9. The fourth-order valence-electron chi connectivity index (χ4n) is 5.19. The van der Waals surface area contributed by atoms with Gasteiger partial charge in [0.05, 0.1) is 32.1 Å². The van der Waals surface area contributed by atoms with Gasteiger partial charge in [-0.3, -0.25) is 4.79 Å². The maximum Gasteiger partial charge on any atom is 0.259 e. The lowest BCUT2D eigenvalue weighted by molar-refractivity contribution is -0.211. The predicted molar refractivity (Wildman–Crippen MR) is 147 cm³/mol. The smallest absolute Gasteiger partial charge is 0.259 e. The van der Waals surface area contributed by atoms with E-state index >= 15 is 0 Å². The van der Waals surface area contributed by atoms with Gasteiger partial charge < -0.3 is 34.4 Å². The van der Waals surface area contributed by atoms with Gasteiger partial charge in [0, 0.05) is 27.3 Å². The molecular weight excluding hydrogens is 697 g/mol. The van der Waals surface area contributed by atoms with Gasteiger partial charge in [-0.1, -0.05) is 37.1 Å². The highest BCUT2D eigenvalue weighted by Crippen LogP contribution is 2.36. The molecule has 5 unspecified atom stereocenters. The van der Waals surface area contributed by atoms with Gasteiger partial charge in [-0.25, -0.2) is 17.9 Å². The van der Waals surface area contributed by atoms with Crippen molar-refractivity contribution in [2.45, 2.75) is 42.6 Å². The number of nitrogens with zero attached hydrogens (tertiary/aromatic N) is 4. The summed E-state index contributed by atoms with van der Waals surface area (Å²) < 4.78 is 60.6. The van der Waals surface area contributed by atoms with Crippen LogP contribution in [0.25, 0.3) is 11.3 Å². The van der Waals surface area contributed by atoms with Crippen molar-refractivity contribution < 1.29 is 47.5 Å². The van der Waals surface area contributed by atoms with Gasteiger partial charge in [0.15, 0.2) is 23.6 Å². The number of rotatable bonds is 7. The topological polar surface area (TPSA) is 139 Å². The molecule has 0 aliphatic carbocycles. The van der Waals surface area contributed by atoms with Crippen LogP contribution in [0.4, 0.5) is 18.9 Å². The van der Waals surface area contributed by atoms with Crippen molar-refractivity contribution in [1.29, 1.82) is 0 Å². The lowest BCUT2D eigenvalue weighted by Crippen LogP contribution is -2.63. The van der Waals surface area contributed by atoms with E-state index in [2.05, 4.69) is 42.2 Å². The van der Waals surface area contributed by atoms with E-state index in [1.165, 1.54) is 18.2 Å². The third-order valence-corrected chi connectivity index (χ3v) is 8.11. The quantitative estimate of drug-likeness (QED) is 0.314. The van der Waals surface area contributed by atoms with Crippen molar-refractivity contribution in [3.63, 3.8) is 0 Å². The van der Waals surface area contributed by atoms with Crippen LogP contribution < -0.4 is 4.90 Å². The molecule has 0 radical (unpaired) electrons. The molecule has 0 saturated carbocycles. The lowest BCUT2D eigenvalue weighted by atomic mass is 9.91. The number of anilines is 1. The molecule has 16 heteroatoms. The number of ether oxygens (including phenoxy) is 3. The predicted octanol–water partition coefficient (Wildman–Crippen LogP) is 2.36. The van der Waals surface area contributed by atoms with Crippen molar-refractivity contribution in [1.82, 2.24) is 15.0 Å². The number of amides is 1. The van der Waals surface area contributed by atoms with Crippen LogP contribution in [0.5, 0.6) is 0 Å². The van der Waals surface area contributed by atoms with Crippen LogP contribution in [0.3, 0.4) is 0 Å². The van der Waals surface area contributed by atoms with Crippen molar-refractivity contribution in [2.75, 3.05) is 31.8 Å². The minimum atomic E-state index is -1.64. The molecule has 2 aliphatic rings. The molecule has 2 aromatic carbocycles. The summed E-state index contributed by atoms with van der Waals surface area (Å²) in [5, 5.41) is 39.8. The van der Waals surface area contributed by atoms with Crippen LogP contribution >= 0.6 is 31.9 Å². The molecule has 42 heavy (non-hydrogen) atoms. The first kappa shape index (κ1) is 31.0. The van der Waals surface area contributed by atoms with Crippen LogP contribution in [-0.4, -0.2) is 99.7 Å². The molecule has 3 aromatic rings. The molecule has 7 atom stereocenters. The fourth-order valence-corrected chi connectivity index (χ4v) is 6.46. The first-order valence-corrected chi connectivity index (χ1v) is 14.2. The molecule has 5 rings (SSSR count). The van der Waals surface area contributed by atoms with Crippen LogP contribution in [0.2, 0.25) is 0 Å². The summed E-state index contributed by atoms with van der Waals surface area (Å²) in [5.41, 5.74) is 0.207. The van der Waals surface area contributed by atoms with Crippen LogP contribution in [0.15, 0.2) is 45.5 Å². The van der Waals surface area contributed by atoms with Gasteiger partial charge in [0.1, 0.15) is 36.2 Å². The van der Waals surface area contributed by atoms with Crippen molar-refractivity contribution >= 4 is 43.5 Å². The molecule has 3 N–H and O–H groups in total. The summed E-state index contributed by atoms with van der Waals surface area (Å²) in [6.45, 7) is -0.671. The van der Waals surface area contributed by atoms with Gasteiger partial charge in [-0.2, -0.15) is 0 Å². The lowest BCUT2D eigenvalue weighted by Gasteiger charge is -2.45. The van der Waals surface area contributed by atoms with Gasteiger partial charge in [-0.05, 0) is 30.3 Å². The Hall–Kier alpha value is -2.44. The summed E-state index contributed by atoms with van der Waals surface area (Å²) in [4.78, 5) is 15.6. The summed E-state index contributed by atoms with van der Waals surface area (Å²) in [6.07, 6.45) is -5.23. The minimum absolute atomic E-state index is 0.00420. The largest absolute Gasteiger partial charge is 0.394 e. The Balaban J connectivity index is 1.54. The highest BCUT2D eigenvalue weighted by Gasteiger charge is 2.52. The maximum absolute atomic E-state index is 14.3. The molecule has 2 saturated heterocycles. The number of hydrogen-bond donors (Lipinski definition) is 3. The fraction of sp³-hybridized carbons (Fsp3) is 0.423. The van der Waals surface area contributed by atoms with E-state index in [0.717, 1.165) is 16.8 Å². The Morgan fingerprint density at radius 2 is 1.79 bits per heavy atom. The number of aliphatic hydroxyl groups excluding tert-OH is 3. The molecule has 0 spiro atoms. The third kappa shape index (κ3) is 5.86.